The molecule has 0 unspecified atom stereocenters. The highest BCUT2D eigenvalue weighted by Crippen LogP contribution is 2.09. The lowest BCUT2D eigenvalue weighted by atomic mass is 10.1. The molecule has 0 aliphatic heterocycles. The number of rotatable bonds is 2. The molecular weight excluding hydrogens is 208 g/mol. The number of benzene rings is 1. The van der Waals surface area contributed by atoms with E-state index in [0.717, 1.165) is 17.0 Å². The van der Waals surface area contributed by atoms with E-state index in [4.69, 9.17) is 5.26 Å². The molecule has 0 saturated heterocycles. The zero-order valence-corrected chi connectivity index (χ0v) is 9.59. The Morgan fingerprint density at radius 2 is 1.94 bits per heavy atom. The van der Waals surface area contributed by atoms with Gasteiger partial charge in [-0.15, -0.1) is 0 Å². The summed E-state index contributed by atoms with van der Waals surface area (Å²) in [6, 6.07) is 15.5. The molecule has 2 nitrogen and oxygen atoms in total. The lowest BCUT2D eigenvalue weighted by Gasteiger charge is -1.96. The van der Waals surface area contributed by atoms with Gasteiger partial charge in [-0.1, -0.05) is 24.3 Å². The number of pyridine rings is 1. The van der Waals surface area contributed by atoms with E-state index < -0.39 is 0 Å². The lowest BCUT2D eigenvalue weighted by molar-refractivity contribution is 1.18. The maximum Gasteiger partial charge on any atom is 0.0991 e. The van der Waals surface area contributed by atoms with Gasteiger partial charge in [-0.05, 0) is 42.8 Å². The third-order valence-corrected chi connectivity index (χ3v) is 2.37. The Bertz CT molecular complexity index is 592. The van der Waals surface area contributed by atoms with Gasteiger partial charge in [0.15, 0.2) is 0 Å². The SMILES string of the molecule is Cc1cccc(C=Cc2cccc(C#N)c2)n1. The number of nitriles is 1. The summed E-state index contributed by atoms with van der Waals surface area (Å²) >= 11 is 0. The first kappa shape index (κ1) is 11.1. The number of aromatic nitrogens is 1. The van der Waals surface area contributed by atoms with E-state index >= 15 is 0 Å². The van der Waals surface area contributed by atoms with Crippen molar-refractivity contribution < 1.29 is 0 Å². The molecule has 0 amide bonds. The summed E-state index contributed by atoms with van der Waals surface area (Å²) in [7, 11) is 0. The summed E-state index contributed by atoms with van der Waals surface area (Å²) < 4.78 is 0. The summed E-state index contributed by atoms with van der Waals surface area (Å²) in [6.07, 6.45) is 3.91. The minimum absolute atomic E-state index is 0.671. The molecule has 17 heavy (non-hydrogen) atoms. The quantitative estimate of drug-likeness (QED) is 0.777. The number of hydrogen-bond donors (Lipinski definition) is 0. The maximum atomic E-state index is 8.80. The van der Waals surface area contributed by atoms with Gasteiger partial charge in [0, 0.05) is 5.69 Å². The molecule has 0 atom stereocenters. The third-order valence-electron chi connectivity index (χ3n) is 2.37. The van der Waals surface area contributed by atoms with Crippen molar-refractivity contribution >= 4 is 12.2 Å². The second kappa shape index (κ2) is 5.09. The van der Waals surface area contributed by atoms with Crippen LogP contribution in [0, 0.1) is 18.3 Å². The van der Waals surface area contributed by atoms with E-state index in [9.17, 15) is 0 Å². The molecule has 0 aliphatic carbocycles. The summed E-state index contributed by atoms with van der Waals surface area (Å²) in [4.78, 5) is 4.38. The molecule has 2 aromatic rings. The Kier molecular flexibility index (Phi) is 3.32. The summed E-state index contributed by atoms with van der Waals surface area (Å²) in [5.74, 6) is 0. The average Bonchev–Trinajstić information content (AvgIpc) is 2.37. The van der Waals surface area contributed by atoms with Crippen molar-refractivity contribution in [2.24, 2.45) is 0 Å². The Balaban J connectivity index is 2.23. The fraction of sp³-hybridized carbons (Fsp3) is 0.0667. The van der Waals surface area contributed by atoms with Crippen LogP contribution in [0.4, 0.5) is 0 Å². The van der Waals surface area contributed by atoms with Gasteiger partial charge in [-0.3, -0.25) is 4.98 Å². The molecule has 0 aliphatic rings. The van der Waals surface area contributed by atoms with Gasteiger partial charge in [0.25, 0.3) is 0 Å². The van der Waals surface area contributed by atoms with Gasteiger partial charge in [0.1, 0.15) is 0 Å². The van der Waals surface area contributed by atoms with Crippen LogP contribution in [0.15, 0.2) is 42.5 Å². The largest absolute Gasteiger partial charge is 0.254 e. The van der Waals surface area contributed by atoms with Crippen molar-refractivity contribution in [3.63, 3.8) is 0 Å². The van der Waals surface area contributed by atoms with Crippen molar-refractivity contribution in [1.82, 2.24) is 4.98 Å². The first-order valence-electron chi connectivity index (χ1n) is 5.40. The van der Waals surface area contributed by atoms with Crippen molar-refractivity contribution in [2.75, 3.05) is 0 Å². The molecule has 0 bridgehead atoms. The van der Waals surface area contributed by atoms with Gasteiger partial charge < -0.3 is 0 Å². The standard InChI is InChI=1S/C15H12N2/c1-12-4-2-7-15(17-12)9-8-13-5-3-6-14(10-13)11-16/h2-10H,1H3. The second-order valence-electron chi connectivity index (χ2n) is 3.77. The third kappa shape index (κ3) is 3.02. The Morgan fingerprint density at radius 3 is 2.71 bits per heavy atom. The molecule has 1 heterocycles. The van der Waals surface area contributed by atoms with E-state index in [-0.39, 0.29) is 0 Å². The molecule has 0 spiro atoms. The monoisotopic (exact) mass is 220 g/mol. The van der Waals surface area contributed by atoms with Crippen LogP contribution >= 0.6 is 0 Å². The predicted molar refractivity (Wildman–Crippen MR) is 69.1 cm³/mol. The molecule has 0 fully saturated rings. The Hall–Kier alpha value is -2.40. The van der Waals surface area contributed by atoms with Crippen LogP contribution in [-0.2, 0) is 0 Å². The summed E-state index contributed by atoms with van der Waals surface area (Å²) in [5.41, 5.74) is 3.60. The first-order chi connectivity index (χ1) is 8.28. The molecule has 1 aromatic heterocycles. The smallest absolute Gasteiger partial charge is 0.0991 e. The minimum atomic E-state index is 0.671. The van der Waals surface area contributed by atoms with Gasteiger partial charge in [-0.25, -0.2) is 0 Å². The van der Waals surface area contributed by atoms with Crippen LogP contribution in [0.1, 0.15) is 22.5 Å². The molecule has 2 rings (SSSR count). The Labute approximate surface area is 101 Å². The average molecular weight is 220 g/mol. The summed E-state index contributed by atoms with van der Waals surface area (Å²) in [5, 5.41) is 8.80. The fourth-order valence-corrected chi connectivity index (χ4v) is 1.55. The molecule has 0 saturated carbocycles. The normalized spacial score (nSPS) is 10.4. The molecular formula is C15H12N2. The van der Waals surface area contributed by atoms with Crippen LogP contribution in [0.2, 0.25) is 0 Å². The molecule has 2 heteroatoms. The van der Waals surface area contributed by atoms with Gasteiger partial charge in [-0.2, -0.15) is 5.26 Å². The number of hydrogen-bond acceptors (Lipinski definition) is 2. The first-order valence-corrected chi connectivity index (χ1v) is 5.40. The van der Waals surface area contributed by atoms with Crippen molar-refractivity contribution in [3.8, 4) is 6.07 Å². The van der Waals surface area contributed by atoms with Crippen LogP contribution in [0.5, 0.6) is 0 Å². The van der Waals surface area contributed by atoms with Crippen molar-refractivity contribution in [1.29, 1.82) is 5.26 Å². The van der Waals surface area contributed by atoms with E-state index in [1.807, 2.05) is 55.5 Å². The lowest BCUT2D eigenvalue weighted by Crippen LogP contribution is -1.83. The fourth-order valence-electron chi connectivity index (χ4n) is 1.55. The topological polar surface area (TPSA) is 36.7 Å². The van der Waals surface area contributed by atoms with Gasteiger partial charge in [0.2, 0.25) is 0 Å². The highest BCUT2D eigenvalue weighted by molar-refractivity contribution is 5.68. The van der Waals surface area contributed by atoms with Gasteiger partial charge >= 0.3 is 0 Å². The van der Waals surface area contributed by atoms with E-state index in [2.05, 4.69) is 11.1 Å². The highest BCUT2D eigenvalue weighted by Gasteiger charge is 1.92. The van der Waals surface area contributed by atoms with Crippen LogP contribution in [0.25, 0.3) is 12.2 Å². The number of nitrogens with zero attached hydrogens (tertiary/aromatic N) is 2. The number of aryl methyl sites for hydroxylation is 1. The summed E-state index contributed by atoms with van der Waals surface area (Å²) in [6.45, 7) is 1.97. The maximum absolute atomic E-state index is 8.80. The minimum Gasteiger partial charge on any atom is -0.254 e. The molecule has 0 radical (unpaired) electrons. The van der Waals surface area contributed by atoms with Crippen LogP contribution in [0.3, 0.4) is 0 Å². The Morgan fingerprint density at radius 1 is 1.12 bits per heavy atom. The zero-order chi connectivity index (χ0) is 12.1. The molecule has 0 N–H and O–H groups in total. The second-order valence-corrected chi connectivity index (χ2v) is 3.77. The van der Waals surface area contributed by atoms with E-state index in [0.29, 0.717) is 5.56 Å². The van der Waals surface area contributed by atoms with Crippen molar-refractivity contribution in [3.05, 3.63) is 65.0 Å². The molecule has 1 aromatic carbocycles. The molecule has 82 valence electrons. The van der Waals surface area contributed by atoms with E-state index in [1.54, 1.807) is 6.07 Å². The van der Waals surface area contributed by atoms with Crippen LogP contribution in [-0.4, -0.2) is 4.98 Å². The van der Waals surface area contributed by atoms with Gasteiger partial charge in [0.05, 0.1) is 17.3 Å². The predicted octanol–water partition coefficient (Wildman–Crippen LogP) is 3.43. The van der Waals surface area contributed by atoms with E-state index in [1.165, 1.54) is 0 Å². The van der Waals surface area contributed by atoms with Crippen LogP contribution < -0.4 is 0 Å². The van der Waals surface area contributed by atoms with Crippen molar-refractivity contribution in [2.45, 2.75) is 6.92 Å². The zero-order valence-electron chi connectivity index (χ0n) is 9.59. The highest BCUT2D eigenvalue weighted by atomic mass is 14.7.